The van der Waals surface area contributed by atoms with E-state index in [-0.39, 0.29) is 20.8 Å². The van der Waals surface area contributed by atoms with Crippen LogP contribution in [0.5, 0.6) is 0 Å². The second-order valence-corrected chi connectivity index (χ2v) is 6.91. The average molecular weight is 348 g/mol. The molecule has 0 spiro atoms. The molecule has 21 heavy (non-hydrogen) atoms. The lowest BCUT2D eigenvalue weighted by Crippen LogP contribution is -2.27. The van der Waals surface area contributed by atoms with Gasteiger partial charge in [-0.2, -0.15) is 0 Å². The Kier molecular flexibility index (Phi) is 4.88. The standard InChI is InChI=1S/C14H12Cl2FNO2S/c1-9(10-5-7-11(17)8-6-10)18-21(19,20)14-12(15)3-2-4-13(14)16/h2-9,18H,1H3/t9-/m1/s1. The topological polar surface area (TPSA) is 46.2 Å². The fourth-order valence-electron chi connectivity index (χ4n) is 1.85. The number of sulfonamides is 1. The quantitative estimate of drug-likeness (QED) is 0.901. The van der Waals surface area contributed by atoms with Gasteiger partial charge in [-0.15, -0.1) is 0 Å². The summed E-state index contributed by atoms with van der Waals surface area (Å²) >= 11 is 11.8. The van der Waals surface area contributed by atoms with Crippen LogP contribution in [0.15, 0.2) is 47.4 Å². The molecule has 0 aromatic heterocycles. The first-order valence-corrected chi connectivity index (χ1v) is 8.27. The molecule has 1 atom stereocenters. The van der Waals surface area contributed by atoms with Crippen LogP contribution in [0.4, 0.5) is 4.39 Å². The van der Waals surface area contributed by atoms with Gasteiger partial charge in [-0.25, -0.2) is 17.5 Å². The van der Waals surface area contributed by atoms with Gasteiger partial charge in [-0.1, -0.05) is 41.4 Å². The van der Waals surface area contributed by atoms with Crippen molar-refractivity contribution in [3.05, 3.63) is 63.9 Å². The Labute approximate surface area is 132 Å². The second-order valence-electron chi connectivity index (χ2n) is 4.45. The zero-order valence-corrected chi connectivity index (χ0v) is 13.3. The molecule has 0 aliphatic carbocycles. The van der Waals surface area contributed by atoms with Crippen molar-refractivity contribution >= 4 is 33.2 Å². The molecule has 0 saturated heterocycles. The summed E-state index contributed by atoms with van der Waals surface area (Å²) in [6.45, 7) is 1.65. The van der Waals surface area contributed by atoms with Crippen LogP contribution in [0.1, 0.15) is 18.5 Å². The third-order valence-electron chi connectivity index (χ3n) is 2.89. The first kappa shape index (κ1) is 16.2. The third-order valence-corrected chi connectivity index (χ3v) is 5.38. The lowest BCUT2D eigenvalue weighted by atomic mass is 10.1. The normalized spacial score (nSPS) is 13.1. The van der Waals surface area contributed by atoms with Crippen LogP contribution in [-0.2, 0) is 10.0 Å². The van der Waals surface area contributed by atoms with E-state index in [1.54, 1.807) is 13.0 Å². The number of benzene rings is 2. The lowest BCUT2D eigenvalue weighted by molar-refractivity contribution is 0.566. The van der Waals surface area contributed by atoms with E-state index in [0.717, 1.165) is 0 Å². The maximum atomic E-state index is 12.9. The van der Waals surface area contributed by atoms with Crippen LogP contribution >= 0.6 is 23.2 Å². The molecular weight excluding hydrogens is 336 g/mol. The molecule has 3 nitrogen and oxygen atoms in total. The lowest BCUT2D eigenvalue weighted by Gasteiger charge is -2.16. The van der Waals surface area contributed by atoms with E-state index >= 15 is 0 Å². The minimum atomic E-state index is -3.89. The molecular formula is C14H12Cl2FNO2S. The van der Waals surface area contributed by atoms with Gasteiger partial charge < -0.3 is 0 Å². The van der Waals surface area contributed by atoms with Crippen molar-refractivity contribution < 1.29 is 12.8 Å². The molecule has 0 amide bonds. The van der Waals surface area contributed by atoms with E-state index in [9.17, 15) is 12.8 Å². The Balaban J connectivity index is 2.31. The summed E-state index contributed by atoms with van der Waals surface area (Å²) in [4.78, 5) is -0.165. The summed E-state index contributed by atoms with van der Waals surface area (Å²) in [6, 6.07) is 9.46. The number of rotatable bonds is 4. The molecule has 0 bridgehead atoms. The number of hydrogen-bond donors (Lipinski definition) is 1. The average Bonchev–Trinajstić information content (AvgIpc) is 2.38. The van der Waals surface area contributed by atoms with Crippen molar-refractivity contribution in [2.75, 3.05) is 0 Å². The molecule has 0 aliphatic heterocycles. The van der Waals surface area contributed by atoms with E-state index in [1.165, 1.54) is 36.4 Å². The van der Waals surface area contributed by atoms with Crippen LogP contribution < -0.4 is 4.72 Å². The fraction of sp³-hybridized carbons (Fsp3) is 0.143. The van der Waals surface area contributed by atoms with E-state index in [4.69, 9.17) is 23.2 Å². The van der Waals surface area contributed by atoms with Crippen LogP contribution in [0.25, 0.3) is 0 Å². The minimum absolute atomic E-state index is 0.0429. The monoisotopic (exact) mass is 347 g/mol. The SMILES string of the molecule is C[C@@H](NS(=O)(=O)c1c(Cl)cccc1Cl)c1ccc(F)cc1. The highest BCUT2D eigenvalue weighted by Gasteiger charge is 2.23. The largest absolute Gasteiger partial charge is 0.244 e. The van der Waals surface area contributed by atoms with Crippen LogP contribution in [0.3, 0.4) is 0 Å². The molecule has 0 aliphatic rings. The smallest absolute Gasteiger partial charge is 0.207 e. The maximum absolute atomic E-state index is 12.9. The number of nitrogens with one attached hydrogen (secondary N) is 1. The Hall–Kier alpha value is -1.14. The number of hydrogen-bond acceptors (Lipinski definition) is 2. The van der Waals surface area contributed by atoms with Gasteiger partial charge in [0.2, 0.25) is 10.0 Å². The second kappa shape index (κ2) is 6.32. The highest BCUT2D eigenvalue weighted by Crippen LogP contribution is 2.30. The maximum Gasteiger partial charge on any atom is 0.244 e. The van der Waals surface area contributed by atoms with Crippen molar-refractivity contribution in [3.8, 4) is 0 Å². The van der Waals surface area contributed by atoms with E-state index in [0.29, 0.717) is 5.56 Å². The molecule has 2 aromatic carbocycles. The molecule has 2 rings (SSSR count). The Morgan fingerprint density at radius 3 is 2.10 bits per heavy atom. The van der Waals surface area contributed by atoms with Crippen molar-refractivity contribution in [3.63, 3.8) is 0 Å². The number of halogens is 3. The molecule has 0 heterocycles. The Morgan fingerprint density at radius 1 is 1.05 bits per heavy atom. The summed E-state index contributed by atoms with van der Waals surface area (Å²) < 4.78 is 40.1. The Morgan fingerprint density at radius 2 is 1.57 bits per heavy atom. The van der Waals surface area contributed by atoms with E-state index in [1.807, 2.05) is 0 Å². The third kappa shape index (κ3) is 3.74. The fourth-order valence-corrected chi connectivity index (χ4v) is 4.23. The summed E-state index contributed by atoms with van der Waals surface area (Å²) in [7, 11) is -3.89. The molecule has 0 radical (unpaired) electrons. The van der Waals surface area contributed by atoms with Gasteiger partial charge in [0.15, 0.2) is 0 Å². The van der Waals surface area contributed by atoms with Crippen molar-refractivity contribution in [1.82, 2.24) is 4.72 Å². The predicted octanol–water partition coefficient (Wildman–Crippen LogP) is 4.17. The summed E-state index contributed by atoms with van der Waals surface area (Å²) in [6.07, 6.45) is 0. The van der Waals surface area contributed by atoms with Gasteiger partial charge in [-0.3, -0.25) is 0 Å². The first-order valence-electron chi connectivity index (χ1n) is 6.03. The summed E-state index contributed by atoms with van der Waals surface area (Å²) in [5, 5.41) is 0.0858. The molecule has 2 aromatic rings. The zero-order chi connectivity index (χ0) is 15.6. The molecule has 7 heteroatoms. The van der Waals surface area contributed by atoms with Gasteiger partial charge in [0.1, 0.15) is 10.7 Å². The Bertz CT molecular complexity index is 728. The molecule has 0 fully saturated rings. The highest BCUT2D eigenvalue weighted by molar-refractivity contribution is 7.89. The van der Waals surface area contributed by atoms with Crippen LogP contribution in [0, 0.1) is 5.82 Å². The predicted molar refractivity (Wildman–Crippen MR) is 81.6 cm³/mol. The summed E-state index contributed by atoms with van der Waals surface area (Å²) in [5.74, 6) is -0.386. The van der Waals surface area contributed by atoms with Crippen molar-refractivity contribution in [1.29, 1.82) is 0 Å². The van der Waals surface area contributed by atoms with Crippen molar-refractivity contribution in [2.45, 2.75) is 17.9 Å². The summed E-state index contributed by atoms with van der Waals surface area (Å²) in [5.41, 5.74) is 0.628. The minimum Gasteiger partial charge on any atom is -0.207 e. The molecule has 1 N–H and O–H groups in total. The first-order chi connectivity index (χ1) is 9.81. The zero-order valence-electron chi connectivity index (χ0n) is 11.0. The molecule has 112 valence electrons. The molecule has 0 saturated carbocycles. The highest BCUT2D eigenvalue weighted by atomic mass is 35.5. The van der Waals surface area contributed by atoms with Gasteiger partial charge in [0.05, 0.1) is 10.0 Å². The van der Waals surface area contributed by atoms with Gasteiger partial charge in [0.25, 0.3) is 0 Å². The van der Waals surface area contributed by atoms with Gasteiger partial charge in [-0.05, 0) is 36.8 Å². The van der Waals surface area contributed by atoms with Crippen LogP contribution in [0.2, 0.25) is 10.0 Å². The van der Waals surface area contributed by atoms with Crippen molar-refractivity contribution in [2.24, 2.45) is 0 Å². The van der Waals surface area contributed by atoms with Crippen LogP contribution in [-0.4, -0.2) is 8.42 Å². The van der Waals surface area contributed by atoms with Gasteiger partial charge >= 0.3 is 0 Å². The molecule has 0 unspecified atom stereocenters. The van der Waals surface area contributed by atoms with Gasteiger partial charge in [0, 0.05) is 6.04 Å². The van der Waals surface area contributed by atoms with E-state index < -0.39 is 16.1 Å². The van der Waals surface area contributed by atoms with E-state index in [2.05, 4.69) is 4.72 Å².